The fourth-order valence-electron chi connectivity index (χ4n) is 4.52. The zero-order valence-electron chi connectivity index (χ0n) is 23.9. The summed E-state index contributed by atoms with van der Waals surface area (Å²) in [7, 11) is -3.25. The van der Waals surface area contributed by atoms with E-state index in [1.54, 1.807) is 41.7 Å². The van der Waals surface area contributed by atoms with Gasteiger partial charge in [0.25, 0.3) is 0 Å². The Kier molecular flexibility index (Phi) is 11.3. The molecule has 4 rings (SSSR count). The highest BCUT2D eigenvalue weighted by atomic mass is 35.5. The second-order valence-corrected chi connectivity index (χ2v) is 13.1. The van der Waals surface area contributed by atoms with Gasteiger partial charge < -0.3 is 19.5 Å². The standard InChI is InChI=1S/C32H34ClN5O4S/c1-43(40,41)15-14-30(36-19-31-18-35-24-38(31)20-26-12-10-25(17-34)11-13-26)22-37(21-28-8-5-9-29(33)16-28)32(39)42-23-27-6-3-2-4-7-27/h2-13,16,18,24,30,36H,14-15,19-23H2,1H3. The topological polar surface area (TPSA) is 117 Å². The van der Waals surface area contributed by atoms with E-state index in [4.69, 9.17) is 21.6 Å². The molecule has 1 aromatic heterocycles. The maximum atomic E-state index is 13.4. The number of imidazole rings is 1. The van der Waals surface area contributed by atoms with Crippen LogP contribution in [0, 0.1) is 11.3 Å². The van der Waals surface area contributed by atoms with E-state index >= 15 is 0 Å². The van der Waals surface area contributed by atoms with Gasteiger partial charge in [-0.1, -0.05) is 66.2 Å². The largest absolute Gasteiger partial charge is 0.445 e. The fraction of sp³-hybridized carbons (Fsp3) is 0.281. The van der Waals surface area contributed by atoms with Crippen LogP contribution in [0.5, 0.6) is 0 Å². The Morgan fingerprint density at radius 2 is 1.81 bits per heavy atom. The quantitative estimate of drug-likeness (QED) is 0.206. The van der Waals surface area contributed by atoms with Gasteiger partial charge in [0, 0.05) is 49.7 Å². The number of ether oxygens (including phenoxy) is 1. The minimum absolute atomic E-state index is 0.0424. The van der Waals surface area contributed by atoms with E-state index in [0.29, 0.717) is 30.1 Å². The molecule has 43 heavy (non-hydrogen) atoms. The highest BCUT2D eigenvalue weighted by Gasteiger charge is 2.22. The summed E-state index contributed by atoms with van der Waals surface area (Å²) in [6.07, 6.45) is 4.46. The number of nitriles is 1. The highest BCUT2D eigenvalue weighted by Crippen LogP contribution is 2.16. The SMILES string of the molecule is CS(=O)(=O)CCC(CN(Cc1cccc(Cl)c1)C(=O)OCc1ccccc1)NCc1cncn1Cc1ccc(C#N)cc1. The lowest BCUT2D eigenvalue weighted by Crippen LogP contribution is -2.44. The molecular weight excluding hydrogens is 586 g/mol. The molecule has 0 spiro atoms. The fourth-order valence-corrected chi connectivity index (χ4v) is 5.44. The van der Waals surface area contributed by atoms with Gasteiger partial charge in [0.1, 0.15) is 16.4 Å². The monoisotopic (exact) mass is 619 g/mol. The molecule has 1 N–H and O–H groups in total. The third-order valence-electron chi connectivity index (χ3n) is 6.81. The van der Waals surface area contributed by atoms with Crippen molar-refractivity contribution in [2.45, 2.75) is 38.7 Å². The lowest BCUT2D eigenvalue weighted by atomic mass is 10.1. The molecule has 0 saturated carbocycles. The minimum atomic E-state index is -3.25. The van der Waals surface area contributed by atoms with Crippen LogP contribution < -0.4 is 5.32 Å². The normalized spacial score (nSPS) is 11.9. The summed E-state index contributed by atoms with van der Waals surface area (Å²) >= 11 is 6.21. The second-order valence-electron chi connectivity index (χ2n) is 10.4. The van der Waals surface area contributed by atoms with Crippen molar-refractivity contribution in [3.8, 4) is 6.07 Å². The van der Waals surface area contributed by atoms with Gasteiger partial charge in [-0.3, -0.25) is 0 Å². The smallest absolute Gasteiger partial charge is 0.410 e. The third-order valence-corrected chi connectivity index (χ3v) is 8.02. The van der Waals surface area contributed by atoms with Gasteiger partial charge in [-0.15, -0.1) is 0 Å². The zero-order chi connectivity index (χ0) is 30.7. The molecule has 0 aliphatic rings. The van der Waals surface area contributed by atoms with Crippen LogP contribution in [0.1, 0.15) is 34.4 Å². The van der Waals surface area contributed by atoms with Gasteiger partial charge in [0.2, 0.25) is 0 Å². The second kappa shape index (κ2) is 15.3. The Bertz CT molecular complexity index is 1640. The highest BCUT2D eigenvalue weighted by molar-refractivity contribution is 7.90. The van der Waals surface area contributed by atoms with Gasteiger partial charge in [-0.05, 0) is 47.4 Å². The summed E-state index contributed by atoms with van der Waals surface area (Å²) in [5.74, 6) is -0.0424. The van der Waals surface area contributed by atoms with Gasteiger partial charge in [-0.25, -0.2) is 18.2 Å². The van der Waals surface area contributed by atoms with E-state index in [1.165, 1.54) is 6.26 Å². The molecule has 11 heteroatoms. The van der Waals surface area contributed by atoms with E-state index in [2.05, 4.69) is 16.4 Å². The lowest BCUT2D eigenvalue weighted by Gasteiger charge is -2.28. The number of sulfone groups is 1. The first-order valence-electron chi connectivity index (χ1n) is 13.8. The molecule has 0 aliphatic heterocycles. The van der Waals surface area contributed by atoms with Crippen molar-refractivity contribution in [1.82, 2.24) is 19.8 Å². The maximum absolute atomic E-state index is 13.4. The Hall–Kier alpha value is -4.17. The van der Waals surface area contributed by atoms with Crippen molar-refractivity contribution in [2.24, 2.45) is 0 Å². The van der Waals surface area contributed by atoms with Crippen LogP contribution in [0.15, 0.2) is 91.4 Å². The number of nitrogens with one attached hydrogen (secondary N) is 1. The van der Waals surface area contributed by atoms with Gasteiger partial charge in [0.15, 0.2) is 0 Å². The van der Waals surface area contributed by atoms with Crippen molar-refractivity contribution in [1.29, 1.82) is 5.26 Å². The van der Waals surface area contributed by atoms with Crippen LogP contribution in [0.4, 0.5) is 4.79 Å². The third kappa shape index (κ3) is 10.6. The Morgan fingerprint density at radius 1 is 1.07 bits per heavy atom. The summed E-state index contributed by atoms with van der Waals surface area (Å²) in [5.41, 5.74) is 4.18. The Morgan fingerprint density at radius 3 is 2.51 bits per heavy atom. The summed E-state index contributed by atoms with van der Waals surface area (Å²) in [5, 5.41) is 13.1. The molecule has 9 nitrogen and oxygen atoms in total. The van der Waals surface area contributed by atoms with Gasteiger partial charge in [-0.2, -0.15) is 5.26 Å². The summed E-state index contributed by atoms with van der Waals surface area (Å²) in [6, 6.07) is 25.8. The van der Waals surface area contributed by atoms with E-state index < -0.39 is 15.9 Å². The minimum Gasteiger partial charge on any atom is -0.445 e. The van der Waals surface area contributed by atoms with E-state index in [9.17, 15) is 13.2 Å². The molecule has 3 aromatic carbocycles. The number of nitrogens with zero attached hydrogens (tertiary/aromatic N) is 4. The molecule has 0 aliphatic carbocycles. The molecule has 0 saturated heterocycles. The lowest BCUT2D eigenvalue weighted by molar-refractivity contribution is 0.0894. The molecule has 4 aromatic rings. The number of carbonyl (C=O) groups excluding carboxylic acids is 1. The molecular formula is C32H34ClN5O4S. The number of carbonyl (C=O) groups is 1. The van der Waals surface area contributed by atoms with E-state index in [0.717, 1.165) is 22.4 Å². The molecule has 1 unspecified atom stereocenters. The molecule has 224 valence electrons. The van der Waals surface area contributed by atoms with Crippen LogP contribution in [0.25, 0.3) is 0 Å². The zero-order valence-corrected chi connectivity index (χ0v) is 25.5. The molecule has 1 heterocycles. The summed E-state index contributed by atoms with van der Waals surface area (Å²) in [6.45, 7) is 1.52. The Labute approximate surface area is 257 Å². The molecule has 0 fully saturated rings. The van der Waals surface area contributed by atoms with Crippen molar-refractivity contribution in [3.05, 3.63) is 124 Å². The number of amides is 1. The Balaban J connectivity index is 1.49. The van der Waals surface area contributed by atoms with Crippen LogP contribution in [0.2, 0.25) is 5.02 Å². The maximum Gasteiger partial charge on any atom is 0.410 e. The van der Waals surface area contributed by atoms with Crippen molar-refractivity contribution in [3.63, 3.8) is 0 Å². The number of halogens is 1. The van der Waals surface area contributed by atoms with E-state index in [-0.39, 0.29) is 31.5 Å². The number of hydrogen-bond acceptors (Lipinski definition) is 7. The van der Waals surface area contributed by atoms with Gasteiger partial charge >= 0.3 is 6.09 Å². The number of aromatic nitrogens is 2. The van der Waals surface area contributed by atoms with Crippen LogP contribution >= 0.6 is 11.6 Å². The number of benzene rings is 3. The van der Waals surface area contributed by atoms with Crippen LogP contribution in [0.3, 0.4) is 0 Å². The van der Waals surface area contributed by atoms with Crippen LogP contribution in [-0.2, 0) is 40.8 Å². The average molecular weight is 620 g/mol. The number of rotatable bonds is 14. The molecule has 1 amide bonds. The van der Waals surface area contributed by atoms with Gasteiger partial charge in [0.05, 0.1) is 29.4 Å². The van der Waals surface area contributed by atoms with Crippen molar-refractivity contribution >= 4 is 27.5 Å². The van der Waals surface area contributed by atoms with Crippen molar-refractivity contribution in [2.75, 3.05) is 18.6 Å². The molecule has 1 atom stereocenters. The average Bonchev–Trinajstić information content (AvgIpc) is 3.44. The first kappa shape index (κ1) is 31.8. The predicted molar refractivity (Wildman–Crippen MR) is 166 cm³/mol. The van der Waals surface area contributed by atoms with Crippen molar-refractivity contribution < 1.29 is 17.9 Å². The molecule has 0 radical (unpaired) electrons. The van der Waals surface area contributed by atoms with Crippen LogP contribution in [-0.4, -0.2) is 53.6 Å². The summed E-state index contributed by atoms with van der Waals surface area (Å²) in [4.78, 5) is 19.2. The summed E-state index contributed by atoms with van der Waals surface area (Å²) < 4.78 is 31.8. The first-order valence-corrected chi connectivity index (χ1v) is 16.2. The predicted octanol–water partition coefficient (Wildman–Crippen LogP) is 5.19. The van der Waals surface area contributed by atoms with E-state index in [1.807, 2.05) is 59.2 Å². The molecule has 0 bridgehead atoms. The first-order chi connectivity index (χ1) is 20.7. The number of hydrogen-bond donors (Lipinski definition) is 1.